The molecule has 0 fully saturated rings. The van der Waals surface area contributed by atoms with Crippen molar-refractivity contribution >= 4 is 5.97 Å². The zero-order valence-electron chi connectivity index (χ0n) is 11.0. The summed E-state index contributed by atoms with van der Waals surface area (Å²) in [5, 5.41) is 17.2. The fourth-order valence-corrected chi connectivity index (χ4v) is 1.41. The van der Waals surface area contributed by atoms with Gasteiger partial charge in [0.2, 0.25) is 0 Å². The van der Waals surface area contributed by atoms with Gasteiger partial charge in [-0.1, -0.05) is 6.92 Å². The van der Waals surface area contributed by atoms with E-state index in [0.29, 0.717) is 26.1 Å². The average Bonchev–Trinajstić information content (AvgIpc) is 2.36. The predicted octanol–water partition coefficient (Wildman–Crippen LogP) is 2.13. The van der Waals surface area contributed by atoms with Crippen LogP contribution in [0.15, 0.2) is 11.6 Å². The minimum absolute atomic E-state index is 0.123. The Labute approximate surface area is 108 Å². The lowest BCUT2D eigenvalue weighted by atomic mass is 10.1. The summed E-state index contributed by atoms with van der Waals surface area (Å²) in [6, 6.07) is 1.74. The van der Waals surface area contributed by atoms with Crippen molar-refractivity contribution in [2.45, 2.75) is 38.7 Å². The molecule has 18 heavy (non-hydrogen) atoms. The molecule has 0 amide bonds. The van der Waals surface area contributed by atoms with Gasteiger partial charge in [0.05, 0.1) is 18.8 Å². The predicted molar refractivity (Wildman–Crippen MR) is 67.1 cm³/mol. The molecule has 5 heteroatoms. The standard InChI is InChI=1S/C13H21NO4/c1-3-12(17-2)10-18-9-5-4-6-11(7-8-14)13(15)16/h7,12H,3-6,9-10H2,1-2H3,(H,15,16). The number of nitrogens with zero attached hydrogens (tertiary/aromatic N) is 1. The molecule has 0 aliphatic heterocycles. The molecule has 102 valence electrons. The smallest absolute Gasteiger partial charge is 0.332 e. The van der Waals surface area contributed by atoms with Crippen molar-refractivity contribution < 1.29 is 19.4 Å². The van der Waals surface area contributed by atoms with E-state index in [4.69, 9.17) is 19.8 Å². The van der Waals surface area contributed by atoms with E-state index in [1.165, 1.54) is 0 Å². The summed E-state index contributed by atoms with van der Waals surface area (Å²) in [6.45, 7) is 3.18. The number of rotatable bonds is 10. The van der Waals surface area contributed by atoms with Crippen LogP contribution in [0.4, 0.5) is 0 Å². The lowest BCUT2D eigenvalue weighted by molar-refractivity contribution is -0.132. The molecule has 5 nitrogen and oxygen atoms in total. The maximum absolute atomic E-state index is 10.7. The number of nitriles is 1. The Balaban J connectivity index is 3.65. The van der Waals surface area contributed by atoms with E-state index in [1.807, 2.05) is 6.92 Å². The van der Waals surface area contributed by atoms with Crippen LogP contribution in [0.25, 0.3) is 0 Å². The van der Waals surface area contributed by atoms with Gasteiger partial charge >= 0.3 is 5.97 Å². The maximum Gasteiger partial charge on any atom is 0.332 e. The fraction of sp³-hybridized carbons (Fsp3) is 0.692. The zero-order chi connectivity index (χ0) is 13.8. The number of methoxy groups -OCH3 is 1. The van der Waals surface area contributed by atoms with Crippen LogP contribution in [0.5, 0.6) is 0 Å². The first kappa shape index (κ1) is 16.6. The summed E-state index contributed by atoms with van der Waals surface area (Å²) in [5.74, 6) is -1.03. The van der Waals surface area contributed by atoms with Crippen molar-refractivity contribution in [1.82, 2.24) is 0 Å². The highest BCUT2D eigenvalue weighted by molar-refractivity contribution is 5.87. The summed E-state index contributed by atoms with van der Waals surface area (Å²) in [6.07, 6.45) is 3.98. The highest BCUT2D eigenvalue weighted by Gasteiger charge is 2.07. The molecule has 1 N–H and O–H groups in total. The molecular weight excluding hydrogens is 234 g/mol. The largest absolute Gasteiger partial charge is 0.478 e. The fourth-order valence-electron chi connectivity index (χ4n) is 1.41. The summed E-state index contributed by atoms with van der Waals surface area (Å²) >= 11 is 0. The Morgan fingerprint density at radius 1 is 1.50 bits per heavy atom. The molecule has 0 aliphatic rings. The lowest BCUT2D eigenvalue weighted by Gasteiger charge is -2.12. The van der Waals surface area contributed by atoms with Crippen LogP contribution in [0.3, 0.4) is 0 Å². The third-order valence-electron chi connectivity index (χ3n) is 2.59. The first-order chi connectivity index (χ1) is 8.65. The monoisotopic (exact) mass is 255 g/mol. The number of carboxylic acids is 1. The third-order valence-corrected chi connectivity index (χ3v) is 2.59. The molecule has 0 rings (SSSR count). The molecule has 0 saturated heterocycles. The lowest BCUT2D eigenvalue weighted by Crippen LogP contribution is -2.17. The zero-order valence-corrected chi connectivity index (χ0v) is 11.0. The molecule has 0 aromatic rings. The van der Waals surface area contributed by atoms with Crippen LogP contribution in [0, 0.1) is 11.3 Å². The summed E-state index contributed by atoms with van der Waals surface area (Å²) in [4.78, 5) is 10.7. The number of ether oxygens (including phenoxy) is 2. The number of unbranched alkanes of at least 4 members (excludes halogenated alkanes) is 1. The average molecular weight is 255 g/mol. The normalized spacial score (nSPS) is 13.1. The van der Waals surface area contributed by atoms with E-state index in [2.05, 4.69) is 0 Å². The van der Waals surface area contributed by atoms with Gasteiger partial charge in [0, 0.05) is 25.4 Å². The van der Waals surface area contributed by atoms with E-state index >= 15 is 0 Å². The molecular formula is C13H21NO4. The van der Waals surface area contributed by atoms with Gasteiger partial charge in [-0.3, -0.25) is 0 Å². The van der Waals surface area contributed by atoms with E-state index in [1.54, 1.807) is 13.2 Å². The van der Waals surface area contributed by atoms with Crippen LogP contribution in [0.2, 0.25) is 0 Å². The van der Waals surface area contributed by atoms with Crippen molar-refractivity contribution in [2.24, 2.45) is 0 Å². The molecule has 0 spiro atoms. The second-order valence-corrected chi connectivity index (χ2v) is 3.90. The minimum atomic E-state index is -1.03. The first-order valence-corrected chi connectivity index (χ1v) is 6.08. The molecule has 0 aromatic heterocycles. The molecule has 0 heterocycles. The highest BCUT2D eigenvalue weighted by atomic mass is 16.5. The number of aliphatic carboxylic acids is 1. The Morgan fingerprint density at radius 3 is 2.72 bits per heavy atom. The second-order valence-electron chi connectivity index (χ2n) is 3.90. The molecule has 0 bridgehead atoms. The Hall–Kier alpha value is -1.38. The first-order valence-electron chi connectivity index (χ1n) is 6.08. The minimum Gasteiger partial charge on any atom is -0.478 e. The van der Waals surface area contributed by atoms with Crippen molar-refractivity contribution in [3.63, 3.8) is 0 Å². The van der Waals surface area contributed by atoms with Crippen LogP contribution >= 0.6 is 0 Å². The van der Waals surface area contributed by atoms with Gasteiger partial charge in [-0.15, -0.1) is 0 Å². The SMILES string of the molecule is CCC(COCCCCC(=CC#N)C(=O)O)OC. The Morgan fingerprint density at radius 2 is 2.22 bits per heavy atom. The third kappa shape index (κ3) is 7.82. The van der Waals surface area contributed by atoms with Crippen molar-refractivity contribution in [2.75, 3.05) is 20.3 Å². The second kappa shape index (κ2) is 10.8. The summed E-state index contributed by atoms with van der Waals surface area (Å²) < 4.78 is 10.6. The summed E-state index contributed by atoms with van der Waals surface area (Å²) in [5.41, 5.74) is 0.154. The van der Waals surface area contributed by atoms with Crippen molar-refractivity contribution in [3.05, 3.63) is 11.6 Å². The number of carboxylic acid groups (broad SMARTS) is 1. The molecule has 0 aliphatic carbocycles. The van der Waals surface area contributed by atoms with Gasteiger partial charge in [-0.25, -0.2) is 4.79 Å². The van der Waals surface area contributed by atoms with Crippen LogP contribution in [-0.4, -0.2) is 37.5 Å². The van der Waals surface area contributed by atoms with E-state index in [9.17, 15) is 4.79 Å². The van der Waals surface area contributed by atoms with Gasteiger partial charge in [0.15, 0.2) is 0 Å². The quantitative estimate of drug-likeness (QED) is 0.367. The van der Waals surface area contributed by atoms with E-state index < -0.39 is 5.97 Å². The number of carbonyl (C=O) groups is 1. The Kier molecular flexibility index (Phi) is 9.93. The van der Waals surface area contributed by atoms with Gasteiger partial charge in [0.1, 0.15) is 0 Å². The molecule has 0 saturated carbocycles. The van der Waals surface area contributed by atoms with Gasteiger partial charge in [-0.05, 0) is 25.7 Å². The van der Waals surface area contributed by atoms with Gasteiger partial charge in [-0.2, -0.15) is 5.26 Å². The van der Waals surface area contributed by atoms with Crippen LogP contribution < -0.4 is 0 Å². The van der Waals surface area contributed by atoms with Crippen LogP contribution in [0.1, 0.15) is 32.6 Å². The molecule has 1 unspecified atom stereocenters. The number of hydrogen-bond acceptors (Lipinski definition) is 4. The summed E-state index contributed by atoms with van der Waals surface area (Å²) in [7, 11) is 1.66. The molecule has 1 atom stereocenters. The van der Waals surface area contributed by atoms with Crippen molar-refractivity contribution in [1.29, 1.82) is 5.26 Å². The highest BCUT2D eigenvalue weighted by Crippen LogP contribution is 2.08. The number of hydrogen-bond donors (Lipinski definition) is 1. The van der Waals surface area contributed by atoms with Gasteiger partial charge < -0.3 is 14.6 Å². The number of allylic oxidation sites excluding steroid dienone is 1. The Bertz CT molecular complexity index is 303. The topological polar surface area (TPSA) is 79.5 Å². The van der Waals surface area contributed by atoms with Gasteiger partial charge in [0.25, 0.3) is 0 Å². The maximum atomic E-state index is 10.7. The van der Waals surface area contributed by atoms with E-state index in [0.717, 1.165) is 18.9 Å². The van der Waals surface area contributed by atoms with Crippen LogP contribution in [-0.2, 0) is 14.3 Å². The molecule has 0 aromatic carbocycles. The van der Waals surface area contributed by atoms with Crippen molar-refractivity contribution in [3.8, 4) is 6.07 Å². The van der Waals surface area contributed by atoms with E-state index in [-0.39, 0.29) is 11.7 Å². The molecule has 0 radical (unpaired) electrons.